The molecule has 0 spiro atoms. The molecule has 1 fully saturated rings. The lowest BCUT2D eigenvalue weighted by Gasteiger charge is -2.34. The number of fused-ring (bicyclic) bond motifs is 1. The van der Waals surface area contributed by atoms with E-state index in [1.807, 2.05) is 18.2 Å². The van der Waals surface area contributed by atoms with Crippen molar-refractivity contribution in [3.05, 3.63) is 63.2 Å². The van der Waals surface area contributed by atoms with Crippen LogP contribution in [0.1, 0.15) is 10.4 Å². The van der Waals surface area contributed by atoms with Crippen LogP contribution in [0.15, 0.2) is 42.5 Å². The van der Waals surface area contributed by atoms with E-state index in [1.165, 1.54) is 18.2 Å². The van der Waals surface area contributed by atoms with Gasteiger partial charge in [-0.1, -0.05) is 29.0 Å². The average Bonchev–Trinajstić information content (AvgIpc) is 3.10. The monoisotopic (exact) mass is 402 g/mol. The molecule has 7 nitrogen and oxygen atoms in total. The van der Waals surface area contributed by atoms with Crippen LogP contribution in [0.2, 0.25) is 5.02 Å². The van der Waals surface area contributed by atoms with Gasteiger partial charge in [-0.15, -0.1) is 0 Å². The van der Waals surface area contributed by atoms with Crippen molar-refractivity contribution in [2.75, 3.05) is 31.1 Å². The SMILES string of the molecule is O=C(c1cccc([N+](=O)[O-])c1)N1CCN(c2nc3ccc(Cl)cc3s2)CC1. The van der Waals surface area contributed by atoms with E-state index in [4.69, 9.17) is 11.6 Å². The highest BCUT2D eigenvalue weighted by Gasteiger charge is 2.24. The van der Waals surface area contributed by atoms with Crippen LogP contribution in [0.3, 0.4) is 0 Å². The van der Waals surface area contributed by atoms with Gasteiger partial charge in [0.2, 0.25) is 0 Å². The third-order valence-electron chi connectivity index (χ3n) is 4.48. The Bertz CT molecular complexity index is 1030. The number of aromatic nitrogens is 1. The van der Waals surface area contributed by atoms with E-state index < -0.39 is 4.92 Å². The lowest BCUT2D eigenvalue weighted by molar-refractivity contribution is -0.384. The lowest BCUT2D eigenvalue weighted by atomic mass is 10.1. The van der Waals surface area contributed by atoms with E-state index in [-0.39, 0.29) is 11.6 Å². The second-order valence-electron chi connectivity index (χ2n) is 6.20. The van der Waals surface area contributed by atoms with Crippen molar-refractivity contribution >= 4 is 49.9 Å². The molecule has 27 heavy (non-hydrogen) atoms. The number of amides is 1. The number of carbonyl (C=O) groups excluding carboxylic acids is 1. The molecule has 0 bridgehead atoms. The second-order valence-corrected chi connectivity index (χ2v) is 7.64. The van der Waals surface area contributed by atoms with Gasteiger partial charge in [-0.3, -0.25) is 14.9 Å². The van der Waals surface area contributed by atoms with Gasteiger partial charge in [0.05, 0.1) is 15.1 Å². The van der Waals surface area contributed by atoms with Crippen LogP contribution in [0.25, 0.3) is 10.2 Å². The number of halogens is 1. The number of nitro benzene ring substituents is 1. The predicted molar refractivity (Wildman–Crippen MR) is 106 cm³/mol. The van der Waals surface area contributed by atoms with Crippen molar-refractivity contribution < 1.29 is 9.72 Å². The molecule has 0 N–H and O–H groups in total. The van der Waals surface area contributed by atoms with E-state index in [0.29, 0.717) is 36.8 Å². The first kappa shape index (κ1) is 17.7. The number of rotatable bonds is 3. The van der Waals surface area contributed by atoms with Crippen molar-refractivity contribution in [3.63, 3.8) is 0 Å². The Morgan fingerprint density at radius 3 is 2.67 bits per heavy atom. The van der Waals surface area contributed by atoms with Gasteiger partial charge < -0.3 is 9.80 Å². The summed E-state index contributed by atoms with van der Waals surface area (Å²) in [5.74, 6) is -0.186. The summed E-state index contributed by atoms with van der Waals surface area (Å²) in [4.78, 5) is 31.6. The van der Waals surface area contributed by atoms with Gasteiger partial charge in [0.25, 0.3) is 11.6 Å². The molecule has 1 aliphatic heterocycles. The van der Waals surface area contributed by atoms with E-state index in [2.05, 4.69) is 9.88 Å². The highest BCUT2D eigenvalue weighted by Crippen LogP contribution is 2.31. The molecule has 2 aromatic carbocycles. The fourth-order valence-corrected chi connectivity index (χ4v) is 4.35. The van der Waals surface area contributed by atoms with Gasteiger partial charge in [-0.05, 0) is 24.3 Å². The first-order valence-corrected chi connectivity index (χ1v) is 9.55. The maximum absolute atomic E-state index is 12.7. The number of hydrogen-bond donors (Lipinski definition) is 0. The number of thiazole rings is 1. The van der Waals surface area contributed by atoms with Crippen LogP contribution in [0.5, 0.6) is 0 Å². The topological polar surface area (TPSA) is 79.6 Å². The van der Waals surface area contributed by atoms with Crippen molar-refractivity contribution in [1.29, 1.82) is 0 Å². The molecule has 2 heterocycles. The first-order valence-electron chi connectivity index (χ1n) is 8.36. The lowest BCUT2D eigenvalue weighted by Crippen LogP contribution is -2.48. The molecule has 138 valence electrons. The second kappa shape index (κ2) is 7.13. The molecule has 0 saturated carbocycles. The quantitative estimate of drug-likeness (QED) is 0.491. The molecule has 1 saturated heterocycles. The number of hydrogen-bond acceptors (Lipinski definition) is 6. The molecular formula is C18H15ClN4O3S. The summed E-state index contributed by atoms with van der Waals surface area (Å²) < 4.78 is 1.03. The smallest absolute Gasteiger partial charge is 0.270 e. The largest absolute Gasteiger partial charge is 0.345 e. The molecule has 0 aliphatic carbocycles. The maximum Gasteiger partial charge on any atom is 0.270 e. The molecule has 1 aromatic heterocycles. The Morgan fingerprint density at radius 1 is 1.15 bits per heavy atom. The van der Waals surface area contributed by atoms with Gasteiger partial charge in [0.1, 0.15) is 0 Å². The van der Waals surface area contributed by atoms with E-state index in [0.717, 1.165) is 15.3 Å². The summed E-state index contributed by atoms with van der Waals surface area (Å²) in [7, 11) is 0. The zero-order chi connectivity index (χ0) is 19.0. The van der Waals surface area contributed by atoms with Crippen LogP contribution in [0.4, 0.5) is 10.8 Å². The summed E-state index contributed by atoms with van der Waals surface area (Å²) in [5.41, 5.74) is 1.18. The Morgan fingerprint density at radius 2 is 1.93 bits per heavy atom. The van der Waals surface area contributed by atoms with Gasteiger partial charge >= 0.3 is 0 Å². The highest BCUT2D eigenvalue weighted by molar-refractivity contribution is 7.22. The summed E-state index contributed by atoms with van der Waals surface area (Å²) in [6.07, 6.45) is 0. The minimum Gasteiger partial charge on any atom is -0.345 e. The van der Waals surface area contributed by atoms with Gasteiger partial charge in [0.15, 0.2) is 5.13 Å². The molecule has 4 rings (SSSR count). The van der Waals surface area contributed by atoms with E-state index >= 15 is 0 Å². The van der Waals surface area contributed by atoms with Gasteiger partial charge in [-0.25, -0.2) is 4.98 Å². The summed E-state index contributed by atoms with van der Waals surface area (Å²) >= 11 is 7.62. The Labute approximate surface area is 163 Å². The summed E-state index contributed by atoms with van der Waals surface area (Å²) in [5, 5.41) is 12.5. The van der Waals surface area contributed by atoms with Gasteiger partial charge in [-0.2, -0.15) is 0 Å². The maximum atomic E-state index is 12.7. The third kappa shape index (κ3) is 3.58. The Kier molecular flexibility index (Phi) is 4.67. The fraction of sp³-hybridized carbons (Fsp3) is 0.222. The first-order chi connectivity index (χ1) is 13.0. The van der Waals surface area contributed by atoms with Crippen LogP contribution in [0, 0.1) is 10.1 Å². The molecule has 0 radical (unpaired) electrons. The van der Waals surface area contributed by atoms with E-state index in [1.54, 1.807) is 22.3 Å². The zero-order valence-electron chi connectivity index (χ0n) is 14.2. The van der Waals surface area contributed by atoms with Crippen LogP contribution in [-0.4, -0.2) is 46.9 Å². The standard InChI is InChI=1S/C18H15ClN4O3S/c19-13-4-5-15-16(11-13)27-18(20-15)22-8-6-21(7-9-22)17(24)12-2-1-3-14(10-12)23(25)26/h1-5,10-11H,6-9H2. The van der Waals surface area contributed by atoms with Crippen LogP contribution in [-0.2, 0) is 0 Å². The fourth-order valence-electron chi connectivity index (χ4n) is 3.06. The average molecular weight is 403 g/mol. The summed E-state index contributed by atoms with van der Waals surface area (Å²) in [6, 6.07) is 11.5. The molecular weight excluding hydrogens is 388 g/mol. The minimum atomic E-state index is -0.492. The summed E-state index contributed by atoms with van der Waals surface area (Å²) in [6.45, 7) is 2.40. The van der Waals surface area contributed by atoms with Crippen molar-refractivity contribution in [3.8, 4) is 0 Å². The molecule has 1 aliphatic rings. The number of nitrogens with zero attached hydrogens (tertiary/aromatic N) is 4. The molecule has 0 atom stereocenters. The Hall–Kier alpha value is -2.71. The van der Waals surface area contributed by atoms with Gasteiger partial charge in [0, 0.05) is 48.9 Å². The molecule has 1 amide bonds. The van der Waals surface area contributed by atoms with E-state index in [9.17, 15) is 14.9 Å². The molecule has 9 heteroatoms. The Balaban J connectivity index is 1.45. The molecule has 3 aromatic rings. The minimum absolute atomic E-state index is 0.0763. The van der Waals surface area contributed by atoms with Crippen LogP contribution < -0.4 is 4.90 Å². The zero-order valence-corrected chi connectivity index (χ0v) is 15.7. The number of non-ortho nitro benzene ring substituents is 1. The van der Waals surface area contributed by atoms with Crippen molar-refractivity contribution in [1.82, 2.24) is 9.88 Å². The van der Waals surface area contributed by atoms with Crippen molar-refractivity contribution in [2.45, 2.75) is 0 Å². The third-order valence-corrected chi connectivity index (χ3v) is 5.79. The number of carbonyl (C=O) groups is 1. The van der Waals surface area contributed by atoms with Crippen LogP contribution >= 0.6 is 22.9 Å². The predicted octanol–water partition coefficient (Wildman–Crippen LogP) is 3.82. The normalized spacial score (nSPS) is 14.6. The molecule has 0 unspecified atom stereocenters. The number of nitro groups is 1. The number of benzene rings is 2. The number of anilines is 1. The highest BCUT2D eigenvalue weighted by atomic mass is 35.5. The number of piperazine rings is 1. The van der Waals surface area contributed by atoms with Crippen molar-refractivity contribution in [2.24, 2.45) is 0 Å².